The average molecular weight is 430 g/mol. The second-order valence-electron chi connectivity index (χ2n) is 8.07. The third kappa shape index (κ3) is 6.01. The minimum atomic E-state index is -0.131. The van der Waals surface area contributed by atoms with Crippen LogP contribution >= 0.6 is 0 Å². The first-order chi connectivity index (χ1) is 15.8. The van der Waals surface area contributed by atoms with Crippen molar-refractivity contribution in [1.82, 2.24) is 25.6 Å². The Morgan fingerprint density at radius 2 is 1.44 bits per heavy atom. The number of piperazine rings is 1. The van der Waals surface area contributed by atoms with Gasteiger partial charge in [0.25, 0.3) is 5.91 Å². The van der Waals surface area contributed by atoms with Gasteiger partial charge in [-0.25, -0.2) is 5.43 Å². The van der Waals surface area contributed by atoms with Gasteiger partial charge < -0.3 is 4.90 Å². The van der Waals surface area contributed by atoms with Crippen LogP contribution in [0.4, 0.5) is 0 Å². The quantitative estimate of drug-likeness (QED) is 0.404. The number of amides is 1. The SMILES string of the molecule is O=C(NNCCCN1CCN(C(c2ccccc2)c2ccccc2)CC1)c1ccncc1. The maximum atomic E-state index is 12.0. The Balaban J connectivity index is 1.22. The summed E-state index contributed by atoms with van der Waals surface area (Å²) in [4.78, 5) is 21.1. The van der Waals surface area contributed by atoms with E-state index in [9.17, 15) is 4.79 Å². The molecule has 1 amide bonds. The van der Waals surface area contributed by atoms with E-state index in [1.54, 1.807) is 24.5 Å². The van der Waals surface area contributed by atoms with Gasteiger partial charge in [-0.1, -0.05) is 60.7 Å². The van der Waals surface area contributed by atoms with Crippen molar-refractivity contribution in [3.05, 3.63) is 102 Å². The van der Waals surface area contributed by atoms with Crippen LogP contribution in [0.15, 0.2) is 85.2 Å². The highest BCUT2D eigenvalue weighted by Gasteiger charge is 2.26. The molecule has 0 saturated carbocycles. The molecule has 0 spiro atoms. The molecule has 6 heteroatoms. The zero-order valence-electron chi connectivity index (χ0n) is 18.4. The topological polar surface area (TPSA) is 60.5 Å². The van der Waals surface area contributed by atoms with Crippen LogP contribution in [-0.2, 0) is 0 Å². The molecule has 4 rings (SSSR count). The fourth-order valence-corrected chi connectivity index (χ4v) is 4.24. The molecule has 2 N–H and O–H groups in total. The molecular weight excluding hydrogens is 398 g/mol. The number of carbonyl (C=O) groups excluding carboxylic acids is 1. The van der Waals surface area contributed by atoms with Crippen LogP contribution < -0.4 is 10.9 Å². The summed E-state index contributed by atoms with van der Waals surface area (Å²) in [5, 5.41) is 0. The van der Waals surface area contributed by atoms with Crippen molar-refractivity contribution < 1.29 is 4.79 Å². The van der Waals surface area contributed by atoms with Crippen molar-refractivity contribution in [3.63, 3.8) is 0 Å². The number of hydrogen-bond donors (Lipinski definition) is 2. The molecule has 32 heavy (non-hydrogen) atoms. The molecule has 1 aromatic heterocycles. The van der Waals surface area contributed by atoms with E-state index >= 15 is 0 Å². The number of hydrogen-bond acceptors (Lipinski definition) is 5. The largest absolute Gasteiger partial charge is 0.301 e. The van der Waals surface area contributed by atoms with Crippen molar-refractivity contribution in [2.24, 2.45) is 0 Å². The van der Waals surface area contributed by atoms with Crippen molar-refractivity contribution in [2.75, 3.05) is 39.3 Å². The Bertz CT molecular complexity index is 904. The van der Waals surface area contributed by atoms with E-state index in [1.165, 1.54) is 11.1 Å². The predicted octanol–water partition coefficient (Wildman–Crippen LogP) is 3.11. The Morgan fingerprint density at radius 1 is 0.844 bits per heavy atom. The summed E-state index contributed by atoms with van der Waals surface area (Å²) in [5.41, 5.74) is 9.09. The maximum Gasteiger partial charge on any atom is 0.265 e. The molecule has 3 aromatic rings. The zero-order valence-corrected chi connectivity index (χ0v) is 18.4. The number of carbonyl (C=O) groups is 1. The van der Waals surface area contributed by atoms with Crippen molar-refractivity contribution in [1.29, 1.82) is 0 Å². The monoisotopic (exact) mass is 429 g/mol. The smallest absolute Gasteiger partial charge is 0.265 e. The van der Waals surface area contributed by atoms with Gasteiger partial charge >= 0.3 is 0 Å². The molecule has 166 valence electrons. The first-order valence-electron chi connectivity index (χ1n) is 11.3. The predicted molar refractivity (Wildman–Crippen MR) is 127 cm³/mol. The van der Waals surface area contributed by atoms with Crippen LogP contribution in [-0.4, -0.2) is 60.0 Å². The lowest BCUT2D eigenvalue weighted by atomic mass is 9.96. The van der Waals surface area contributed by atoms with Crippen molar-refractivity contribution >= 4 is 5.91 Å². The lowest BCUT2D eigenvalue weighted by molar-refractivity contribution is 0.0927. The van der Waals surface area contributed by atoms with Crippen molar-refractivity contribution in [3.8, 4) is 0 Å². The van der Waals surface area contributed by atoms with Gasteiger partial charge in [-0.05, 0) is 36.2 Å². The lowest BCUT2D eigenvalue weighted by Crippen LogP contribution is -2.48. The molecule has 0 atom stereocenters. The highest BCUT2D eigenvalue weighted by molar-refractivity contribution is 5.93. The highest BCUT2D eigenvalue weighted by atomic mass is 16.2. The summed E-state index contributed by atoms with van der Waals surface area (Å²) in [6.07, 6.45) is 4.22. The number of aromatic nitrogens is 1. The Hall–Kier alpha value is -3.06. The van der Waals surface area contributed by atoms with E-state index in [0.29, 0.717) is 11.6 Å². The normalized spacial score (nSPS) is 15.0. The summed E-state index contributed by atoms with van der Waals surface area (Å²) in [6, 6.07) is 25.3. The molecule has 6 nitrogen and oxygen atoms in total. The Morgan fingerprint density at radius 3 is 2.03 bits per heavy atom. The van der Waals surface area contributed by atoms with E-state index in [1.807, 2.05) is 0 Å². The average Bonchev–Trinajstić information content (AvgIpc) is 2.87. The number of pyridine rings is 1. The van der Waals surface area contributed by atoms with E-state index in [4.69, 9.17) is 0 Å². The summed E-state index contributed by atoms with van der Waals surface area (Å²) in [7, 11) is 0. The lowest BCUT2D eigenvalue weighted by Gasteiger charge is -2.39. The van der Waals surface area contributed by atoms with Gasteiger partial charge in [-0.3, -0.25) is 20.1 Å². The number of nitrogens with zero attached hydrogens (tertiary/aromatic N) is 3. The zero-order chi connectivity index (χ0) is 22.0. The molecule has 1 fully saturated rings. The van der Waals surface area contributed by atoms with Gasteiger partial charge in [0.15, 0.2) is 0 Å². The molecule has 0 aliphatic carbocycles. The van der Waals surface area contributed by atoms with E-state index < -0.39 is 0 Å². The van der Waals surface area contributed by atoms with Crippen LogP contribution in [0.2, 0.25) is 0 Å². The minimum absolute atomic E-state index is 0.131. The fourth-order valence-electron chi connectivity index (χ4n) is 4.24. The van der Waals surface area contributed by atoms with Gasteiger partial charge in [0, 0.05) is 50.7 Å². The molecule has 1 aliphatic rings. The summed E-state index contributed by atoms with van der Waals surface area (Å²) < 4.78 is 0. The molecule has 2 heterocycles. The van der Waals surface area contributed by atoms with Crippen LogP contribution in [0.25, 0.3) is 0 Å². The van der Waals surface area contributed by atoms with E-state index in [0.717, 1.165) is 45.7 Å². The second-order valence-corrected chi connectivity index (χ2v) is 8.07. The number of benzene rings is 2. The summed E-state index contributed by atoms with van der Waals surface area (Å²) in [5.74, 6) is -0.131. The summed E-state index contributed by atoms with van der Waals surface area (Å²) >= 11 is 0. The van der Waals surface area contributed by atoms with Crippen molar-refractivity contribution in [2.45, 2.75) is 12.5 Å². The summed E-state index contributed by atoms with van der Waals surface area (Å²) in [6.45, 7) is 5.96. The van der Waals surface area contributed by atoms with E-state index in [-0.39, 0.29) is 5.91 Å². The second kappa shape index (κ2) is 11.5. The Kier molecular flexibility index (Phi) is 7.98. The van der Waals surface area contributed by atoms with Crippen LogP contribution in [0, 0.1) is 0 Å². The molecule has 0 unspecified atom stereocenters. The van der Waals surface area contributed by atoms with Crippen LogP contribution in [0.3, 0.4) is 0 Å². The van der Waals surface area contributed by atoms with Gasteiger partial charge in [-0.15, -0.1) is 0 Å². The first-order valence-corrected chi connectivity index (χ1v) is 11.3. The molecule has 2 aromatic carbocycles. The fraction of sp³-hybridized carbons (Fsp3) is 0.308. The van der Waals surface area contributed by atoms with Crippen LogP contribution in [0.5, 0.6) is 0 Å². The van der Waals surface area contributed by atoms with Gasteiger partial charge in [0.1, 0.15) is 0 Å². The van der Waals surface area contributed by atoms with Gasteiger partial charge in [-0.2, -0.15) is 0 Å². The molecular formula is C26H31N5O. The molecule has 0 bridgehead atoms. The first kappa shape index (κ1) is 22.1. The van der Waals surface area contributed by atoms with E-state index in [2.05, 4.69) is 86.3 Å². The third-order valence-corrected chi connectivity index (χ3v) is 5.92. The van der Waals surface area contributed by atoms with Crippen LogP contribution in [0.1, 0.15) is 33.9 Å². The number of rotatable bonds is 9. The molecule has 1 aliphatic heterocycles. The number of hydrazine groups is 1. The maximum absolute atomic E-state index is 12.0. The molecule has 1 saturated heterocycles. The van der Waals surface area contributed by atoms with Gasteiger partial charge in [0.2, 0.25) is 0 Å². The third-order valence-electron chi connectivity index (χ3n) is 5.92. The minimum Gasteiger partial charge on any atom is -0.301 e. The van der Waals surface area contributed by atoms with Gasteiger partial charge in [0.05, 0.1) is 6.04 Å². The highest BCUT2D eigenvalue weighted by Crippen LogP contribution is 2.29. The Labute approximate surface area is 190 Å². The molecule has 0 radical (unpaired) electrons. The number of nitrogens with one attached hydrogen (secondary N) is 2. The standard InChI is InChI=1S/C26H31N5O/c32-26(24-12-15-27-16-13-24)29-28-14-7-17-30-18-20-31(21-19-30)25(22-8-3-1-4-9-22)23-10-5-2-6-11-23/h1-6,8-13,15-16,25,28H,7,14,17-21H2,(H,29,32).